The number of nitrogens with zero attached hydrogens (tertiary/aromatic N) is 2. The number of aryl methyl sites for hydroxylation is 1. The van der Waals surface area contributed by atoms with E-state index in [4.69, 9.17) is 9.47 Å². The maximum Gasteiger partial charge on any atom is 0.243 e. The van der Waals surface area contributed by atoms with Crippen LogP contribution >= 0.6 is 11.8 Å². The molecule has 2 heterocycles. The third-order valence-corrected chi connectivity index (χ3v) is 6.70. The number of ether oxygens (including phenoxy) is 2. The molecule has 9 heteroatoms. The van der Waals surface area contributed by atoms with Gasteiger partial charge >= 0.3 is 0 Å². The molecule has 0 saturated carbocycles. The van der Waals surface area contributed by atoms with Crippen molar-refractivity contribution in [3.63, 3.8) is 0 Å². The lowest BCUT2D eigenvalue weighted by Gasteiger charge is -2.16. The largest absolute Gasteiger partial charge is 0.495 e. The Kier molecular flexibility index (Phi) is 8.44. The molecule has 2 aromatic carbocycles. The number of carbonyl (C=O) groups is 2. The van der Waals surface area contributed by atoms with Crippen LogP contribution in [0.3, 0.4) is 0 Å². The smallest absolute Gasteiger partial charge is 0.243 e. The predicted molar refractivity (Wildman–Crippen MR) is 137 cm³/mol. The quantitative estimate of drug-likeness (QED) is 0.415. The molecule has 2 amide bonds. The molecule has 0 radical (unpaired) electrons. The van der Waals surface area contributed by atoms with Crippen LogP contribution in [0.2, 0.25) is 0 Å². The molecule has 1 unspecified atom stereocenters. The van der Waals surface area contributed by atoms with Gasteiger partial charge in [-0.1, -0.05) is 48.2 Å². The minimum absolute atomic E-state index is 0.129. The number of carbonyl (C=O) groups excluding carboxylic acids is 2. The molecular formula is C26H30N4O4S. The first-order valence-electron chi connectivity index (χ1n) is 11.6. The summed E-state index contributed by atoms with van der Waals surface area (Å²) in [6, 6.07) is 15.6. The molecule has 3 aromatic rings. The Morgan fingerprint density at radius 1 is 1.20 bits per heavy atom. The van der Waals surface area contributed by atoms with E-state index >= 15 is 0 Å². The number of amides is 2. The Hall–Kier alpha value is -3.30. The molecule has 4 rings (SSSR count). The van der Waals surface area contributed by atoms with Gasteiger partial charge in [-0.3, -0.25) is 9.59 Å². The molecule has 1 fully saturated rings. The lowest BCUT2D eigenvalue weighted by atomic mass is 10.1. The van der Waals surface area contributed by atoms with E-state index in [1.807, 2.05) is 55.6 Å². The molecule has 184 valence electrons. The van der Waals surface area contributed by atoms with Crippen molar-refractivity contribution in [2.24, 2.45) is 0 Å². The Bertz CT molecular complexity index is 1160. The maximum absolute atomic E-state index is 12.5. The number of nitrogens with one attached hydrogen (secondary N) is 2. The number of anilines is 1. The number of hydrogen-bond acceptors (Lipinski definition) is 6. The number of aromatic nitrogens is 2. The van der Waals surface area contributed by atoms with Crippen LogP contribution in [0, 0.1) is 6.92 Å². The van der Waals surface area contributed by atoms with E-state index in [9.17, 15) is 9.59 Å². The molecular weight excluding hydrogens is 464 g/mol. The molecule has 8 nitrogen and oxygen atoms in total. The van der Waals surface area contributed by atoms with E-state index in [0.717, 1.165) is 41.4 Å². The topological polar surface area (TPSA) is 94.5 Å². The third kappa shape index (κ3) is 6.64. The number of imidazole rings is 1. The second-order valence-electron chi connectivity index (χ2n) is 8.35. The van der Waals surface area contributed by atoms with Crippen LogP contribution in [0.4, 0.5) is 5.69 Å². The monoisotopic (exact) mass is 494 g/mol. The average molecular weight is 495 g/mol. The summed E-state index contributed by atoms with van der Waals surface area (Å²) in [6.45, 7) is 3.27. The molecule has 1 aromatic heterocycles. The SMILES string of the molecule is COc1ccc(C)cc1NC(=O)CNC(=O)CSc1ncc(-c2ccccc2)n1CC1CCCO1. The average Bonchev–Trinajstić information content (AvgIpc) is 3.52. The van der Waals surface area contributed by atoms with Crippen molar-refractivity contribution in [1.82, 2.24) is 14.9 Å². The van der Waals surface area contributed by atoms with Gasteiger partial charge < -0.3 is 24.7 Å². The predicted octanol–water partition coefficient (Wildman–Crippen LogP) is 3.89. The van der Waals surface area contributed by atoms with Crippen molar-refractivity contribution in [1.29, 1.82) is 0 Å². The van der Waals surface area contributed by atoms with Gasteiger partial charge in [-0.25, -0.2) is 4.98 Å². The van der Waals surface area contributed by atoms with Crippen LogP contribution in [-0.4, -0.2) is 53.5 Å². The molecule has 1 aliphatic heterocycles. The molecule has 1 aliphatic rings. The minimum atomic E-state index is -0.321. The standard InChI is InChI=1S/C26H30N4O4S/c1-18-10-11-23(33-2)21(13-18)29-24(31)15-27-25(32)17-35-26-28-14-22(19-7-4-3-5-8-19)30(26)16-20-9-6-12-34-20/h3-5,7-8,10-11,13-14,20H,6,9,12,15-17H2,1-2H3,(H,27,32)(H,29,31). The van der Waals surface area contributed by atoms with Crippen LogP contribution in [0.15, 0.2) is 59.9 Å². The highest BCUT2D eigenvalue weighted by Gasteiger charge is 2.21. The van der Waals surface area contributed by atoms with E-state index in [0.29, 0.717) is 18.0 Å². The van der Waals surface area contributed by atoms with Gasteiger partial charge in [-0.05, 0) is 43.0 Å². The highest BCUT2D eigenvalue weighted by atomic mass is 32.2. The zero-order valence-electron chi connectivity index (χ0n) is 20.0. The minimum Gasteiger partial charge on any atom is -0.495 e. The van der Waals surface area contributed by atoms with E-state index in [1.54, 1.807) is 13.2 Å². The van der Waals surface area contributed by atoms with Crippen molar-refractivity contribution in [3.05, 3.63) is 60.3 Å². The maximum atomic E-state index is 12.5. The van der Waals surface area contributed by atoms with Gasteiger partial charge in [-0.2, -0.15) is 0 Å². The van der Waals surface area contributed by atoms with Crippen LogP contribution < -0.4 is 15.4 Å². The lowest BCUT2D eigenvalue weighted by molar-refractivity contribution is -0.122. The highest BCUT2D eigenvalue weighted by Crippen LogP contribution is 2.28. The fourth-order valence-electron chi connectivity index (χ4n) is 3.96. The molecule has 0 bridgehead atoms. The molecule has 35 heavy (non-hydrogen) atoms. The summed E-state index contributed by atoms with van der Waals surface area (Å²) >= 11 is 1.35. The van der Waals surface area contributed by atoms with E-state index < -0.39 is 0 Å². The zero-order valence-corrected chi connectivity index (χ0v) is 20.8. The summed E-state index contributed by atoms with van der Waals surface area (Å²) < 4.78 is 13.3. The van der Waals surface area contributed by atoms with Gasteiger partial charge in [-0.15, -0.1) is 0 Å². The molecule has 2 N–H and O–H groups in total. The Labute approximate surface area is 209 Å². The van der Waals surface area contributed by atoms with Crippen LogP contribution in [0.5, 0.6) is 5.75 Å². The second kappa shape index (κ2) is 11.9. The number of benzene rings is 2. The van der Waals surface area contributed by atoms with Gasteiger partial charge in [0.1, 0.15) is 5.75 Å². The van der Waals surface area contributed by atoms with E-state index in [1.165, 1.54) is 11.8 Å². The highest BCUT2D eigenvalue weighted by molar-refractivity contribution is 7.99. The zero-order chi connectivity index (χ0) is 24.6. The summed E-state index contributed by atoms with van der Waals surface area (Å²) in [5, 5.41) is 6.22. The van der Waals surface area contributed by atoms with Crippen molar-refractivity contribution >= 4 is 29.3 Å². The van der Waals surface area contributed by atoms with E-state index in [2.05, 4.69) is 20.2 Å². The molecule has 0 spiro atoms. The van der Waals surface area contributed by atoms with Gasteiger partial charge in [0.25, 0.3) is 0 Å². The first-order chi connectivity index (χ1) is 17.0. The van der Waals surface area contributed by atoms with Crippen molar-refractivity contribution in [2.45, 2.75) is 37.6 Å². The lowest BCUT2D eigenvalue weighted by Crippen LogP contribution is -2.34. The third-order valence-electron chi connectivity index (χ3n) is 5.71. The van der Waals surface area contributed by atoms with Crippen LogP contribution in [-0.2, 0) is 20.9 Å². The Morgan fingerprint density at radius 3 is 2.77 bits per heavy atom. The van der Waals surface area contributed by atoms with Crippen molar-refractivity contribution in [2.75, 3.05) is 31.3 Å². The summed E-state index contributed by atoms with van der Waals surface area (Å²) in [6.07, 6.45) is 4.05. The Balaban J connectivity index is 1.35. The van der Waals surface area contributed by atoms with Crippen molar-refractivity contribution in [3.8, 4) is 17.0 Å². The fourth-order valence-corrected chi connectivity index (χ4v) is 4.77. The van der Waals surface area contributed by atoms with Gasteiger partial charge in [0.05, 0.1) is 49.6 Å². The van der Waals surface area contributed by atoms with Gasteiger partial charge in [0, 0.05) is 6.61 Å². The van der Waals surface area contributed by atoms with E-state index in [-0.39, 0.29) is 30.2 Å². The van der Waals surface area contributed by atoms with Crippen LogP contribution in [0.25, 0.3) is 11.3 Å². The molecule has 1 saturated heterocycles. The fraction of sp³-hybridized carbons (Fsp3) is 0.346. The summed E-state index contributed by atoms with van der Waals surface area (Å²) in [7, 11) is 1.55. The number of rotatable bonds is 10. The Morgan fingerprint density at radius 2 is 2.03 bits per heavy atom. The summed E-state index contributed by atoms with van der Waals surface area (Å²) in [5.74, 6) is 0.156. The van der Waals surface area contributed by atoms with Gasteiger partial charge in [0.2, 0.25) is 11.8 Å². The summed E-state index contributed by atoms with van der Waals surface area (Å²) in [5.41, 5.74) is 3.63. The van der Waals surface area contributed by atoms with Gasteiger partial charge in [0.15, 0.2) is 5.16 Å². The first kappa shape index (κ1) is 24.8. The molecule has 1 atom stereocenters. The normalized spacial score (nSPS) is 15.1. The van der Waals surface area contributed by atoms with Crippen molar-refractivity contribution < 1.29 is 19.1 Å². The number of methoxy groups -OCH3 is 1. The second-order valence-corrected chi connectivity index (χ2v) is 9.30. The number of thioether (sulfide) groups is 1. The summed E-state index contributed by atoms with van der Waals surface area (Å²) in [4.78, 5) is 29.4. The number of hydrogen-bond donors (Lipinski definition) is 2. The molecule has 0 aliphatic carbocycles. The first-order valence-corrected chi connectivity index (χ1v) is 12.6. The van der Waals surface area contributed by atoms with Crippen LogP contribution in [0.1, 0.15) is 18.4 Å².